The van der Waals surface area contributed by atoms with Crippen LogP contribution in [0, 0.1) is 13.8 Å². The third kappa shape index (κ3) is 3.83. The van der Waals surface area contributed by atoms with E-state index in [1.54, 1.807) is 20.8 Å². The zero-order valence-corrected chi connectivity index (χ0v) is 17.5. The molecule has 0 aliphatic carbocycles. The van der Waals surface area contributed by atoms with Crippen LogP contribution in [-0.2, 0) is 4.74 Å². The van der Waals surface area contributed by atoms with Crippen LogP contribution in [0.1, 0.15) is 70.4 Å². The van der Waals surface area contributed by atoms with Gasteiger partial charge in [0, 0.05) is 11.3 Å². The summed E-state index contributed by atoms with van der Waals surface area (Å²) in [6.45, 7) is 9.40. The lowest BCUT2D eigenvalue weighted by Gasteiger charge is -2.08. The average molecular weight is 395 g/mol. The van der Waals surface area contributed by atoms with Gasteiger partial charge in [-0.3, -0.25) is 4.79 Å². The van der Waals surface area contributed by atoms with Crippen LogP contribution in [0.4, 0.5) is 0 Å². The quantitative estimate of drug-likeness (QED) is 0.505. The van der Waals surface area contributed by atoms with Crippen LogP contribution in [0.3, 0.4) is 0 Å². The maximum Gasteiger partial charge on any atom is 0.339 e. The summed E-state index contributed by atoms with van der Waals surface area (Å²) in [7, 11) is 1.31. The van der Waals surface area contributed by atoms with Gasteiger partial charge in [-0.2, -0.15) is 4.80 Å². The third-order valence-electron chi connectivity index (χ3n) is 5.06. The van der Waals surface area contributed by atoms with E-state index in [0.29, 0.717) is 34.3 Å². The maximum atomic E-state index is 13.0. The molecule has 0 radical (unpaired) electrons. The monoisotopic (exact) mass is 395 g/mol. The number of methoxy groups -OCH3 is 1. The topological polar surface area (TPSA) is 103 Å². The lowest BCUT2D eigenvalue weighted by Crippen LogP contribution is -2.20. The molecule has 0 aliphatic heterocycles. The van der Waals surface area contributed by atoms with Gasteiger partial charge in [0.25, 0.3) is 0 Å². The van der Waals surface area contributed by atoms with Crippen LogP contribution in [0.15, 0.2) is 24.3 Å². The highest BCUT2D eigenvalue weighted by atomic mass is 16.5. The number of hydrogen-bond donors (Lipinski definition) is 1. The fourth-order valence-electron chi connectivity index (χ4n) is 3.24. The van der Waals surface area contributed by atoms with E-state index in [4.69, 9.17) is 4.74 Å². The number of carbonyl (C=O) groups is 2. The second kappa shape index (κ2) is 7.98. The molecule has 0 fully saturated rings. The average Bonchev–Trinajstić information content (AvgIpc) is 3.31. The van der Waals surface area contributed by atoms with E-state index in [1.165, 1.54) is 17.5 Å². The van der Waals surface area contributed by atoms with Crippen molar-refractivity contribution in [2.75, 3.05) is 7.11 Å². The third-order valence-corrected chi connectivity index (χ3v) is 5.06. The first-order valence-electron chi connectivity index (χ1n) is 9.46. The summed E-state index contributed by atoms with van der Waals surface area (Å²) in [6.07, 6.45) is 0. The van der Waals surface area contributed by atoms with Crippen molar-refractivity contribution in [3.05, 3.63) is 52.3 Å². The molecular formula is C21H25N5O3. The molecule has 0 aliphatic rings. The summed E-state index contributed by atoms with van der Waals surface area (Å²) >= 11 is 0. The Morgan fingerprint density at radius 3 is 2.34 bits per heavy atom. The van der Waals surface area contributed by atoms with Crippen molar-refractivity contribution in [3.63, 3.8) is 0 Å². The Kier molecular flexibility index (Phi) is 5.63. The Bertz CT molecular complexity index is 1050. The molecule has 8 heteroatoms. The highest BCUT2D eigenvalue weighted by Crippen LogP contribution is 2.24. The number of tetrazole rings is 1. The highest BCUT2D eigenvalue weighted by Gasteiger charge is 2.27. The molecule has 29 heavy (non-hydrogen) atoms. The number of carbonyl (C=O) groups excluding carboxylic acids is 2. The van der Waals surface area contributed by atoms with Crippen LogP contribution in [-0.4, -0.2) is 44.1 Å². The summed E-state index contributed by atoms with van der Waals surface area (Å²) in [5, 5.41) is 12.5. The van der Waals surface area contributed by atoms with Gasteiger partial charge in [0.1, 0.15) is 6.04 Å². The van der Waals surface area contributed by atoms with Gasteiger partial charge in [0.05, 0.1) is 18.4 Å². The van der Waals surface area contributed by atoms with E-state index in [9.17, 15) is 9.59 Å². The molecule has 2 heterocycles. The summed E-state index contributed by atoms with van der Waals surface area (Å²) < 4.78 is 4.80. The van der Waals surface area contributed by atoms with Gasteiger partial charge in [-0.15, -0.1) is 10.2 Å². The van der Waals surface area contributed by atoms with E-state index in [-0.39, 0.29) is 5.78 Å². The van der Waals surface area contributed by atoms with E-state index in [2.05, 4.69) is 34.2 Å². The molecule has 3 aromatic rings. The van der Waals surface area contributed by atoms with Crippen molar-refractivity contribution in [2.45, 2.75) is 46.6 Å². The molecule has 0 unspecified atom stereocenters. The zero-order valence-electron chi connectivity index (χ0n) is 17.5. The van der Waals surface area contributed by atoms with Crippen LogP contribution in [0.25, 0.3) is 11.4 Å². The molecule has 3 rings (SSSR count). The van der Waals surface area contributed by atoms with Crippen molar-refractivity contribution < 1.29 is 14.3 Å². The number of esters is 1. The fourth-order valence-corrected chi connectivity index (χ4v) is 3.24. The first kappa shape index (κ1) is 20.4. The molecule has 1 aromatic carbocycles. The predicted molar refractivity (Wildman–Crippen MR) is 108 cm³/mol. The van der Waals surface area contributed by atoms with Crippen molar-refractivity contribution in [1.82, 2.24) is 25.2 Å². The number of hydrogen-bond acceptors (Lipinski definition) is 6. The van der Waals surface area contributed by atoms with Gasteiger partial charge >= 0.3 is 5.97 Å². The molecular weight excluding hydrogens is 370 g/mol. The molecule has 1 atom stereocenters. The molecule has 152 valence electrons. The summed E-state index contributed by atoms with van der Waals surface area (Å²) in [6, 6.07) is 7.28. The molecule has 0 saturated carbocycles. The Hall–Kier alpha value is -3.29. The maximum absolute atomic E-state index is 13.0. The van der Waals surface area contributed by atoms with Crippen LogP contribution in [0.5, 0.6) is 0 Å². The smallest absolute Gasteiger partial charge is 0.339 e. The largest absolute Gasteiger partial charge is 0.465 e. The van der Waals surface area contributed by atoms with Gasteiger partial charge in [-0.25, -0.2) is 4.79 Å². The van der Waals surface area contributed by atoms with Gasteiger partial charge in [0.15, 0.2) is 0 Å². The van der Waals surface area contributed by atoms with Crippen molar-refractivity contribution in [2.24, 2.45) is 0 Å². The number of benzene rings is 1. The number of aryl methyl sites for hydroxylation is 1. The minimum absolute atomic E-state index is 0.236. The molecule has 0 bridgehead atoms. The number of rotatable bonds is 6. The second-order valence-corrected chi connectivity index (χ2v) is 7.37. The standard InChI is InChI=1S/C21H25N5O3/c1-11(2)15-7-9-16(10-8-15)20-23-25-26(24-20)14(5)19(27)18-12(3)17(13(4)22-18)21(28)29-6/h7-11,14,22H,1-6H3/t14-/m0/s1. The van der Waals surface area contributed by atoms with Gasteiger partial charge in [-0.1, -0.05) is 38.1 Å². The molecule has 1 N–H and O–H groups in total. The van der Waals surface area contributed by atoms with Crippen LogP contribution in [0.2, 0.25) is 0 Å². The summed E-state index contributed by atoms with van der Waals surface area (Å²) in [5.74, 6) is 0.177. The molecule has 8 nitrogen and oxygen atoms in total. The van der Waals surface area contributed by atoms with E-state index in [1.807, 2.05) is 24.3 Å². The molecule has 0 amide bonds. The van der Waals surface area contributed by atoms with E-state index in [0.717, 1.165) is 5.56 Å². The number of H-pyrrole nitrogens is 1. The van der Waals surface area contributed by atoms with Crippen molar-refractivity contribution >= 4 is 11.8 Å². The minimum atomic E-state index is -0.687. The first-order valence-corrected chi connectivity index (χ1v) is 9.46. The second-order valence-electron chi connectivity index (χ2n) is 7.37. The number of nitrogens with one attached hydrogen (secondary N) is 1. The van der Waals surface area contributed by atoms with E-state index < -0.39 is 12.0 Å². The van der Waals surface area contributed by atoms with E-state index >= 15 is 0 Å². The Balaban J connectivity index is 1.85. The van der Waals surface area contributed by atoms with Gasteiger partial charge < -0.3 is 9.72 Å². The van der Waals surface area contributed by atoms with Crippen LogP contribution < -0.4 is 0 Å². The molecule has 0 saturated heterocycles. The summed E-state index contributed by atoms with van der Waals surface area (Å²) in [5.41, 5.74) is 3.91. The Labute approximate surface area is 169 Å². The van der Waals surface area contributed by atoms with Crippen LogP contribution >= 0.6 is 0 Å². The number of nitrogens with zero attached hydrogens (tertiary/aromatic N) is 4. The Morgan fingerprint density at radius 1 is 1.10 bits per heavy atom. The minimum Gasteiger partial charge on any atom is -0.465 e. The first-order chi connectivity index (χ1) is 13.7. The lowest BCUT2D eigenvalue weighted by molar-refractivity contribution is 0.0599. The summed E-state index contributed by atoms with van der Waals surface area (Å²) in [4.78, 5) is 29.2. The SMILES string of the molecule is COC(=O)c1c(C)[nH]c(C(=O)[C@H](C)n2nnc(-c3ccc(C(C)C)cc3)n2)c1C. The molecule has 0 spiro atoms. The van der Waals surface area contributed by atoms with Gasteiger partial charge in [-0.05, 0) is 43.0 Å². The normalized spacial score (nSPS) is 12.2. The Morgan fingerprint density at radius 2 is 1.76 bits per heavy atom. The zero-order chi connectivity index (χ0) is 21.3. The number of ketones is 1. The number of ether oxygens (including phenoxy) is 1. The number of aromatic amines is 1. The predicted octanol–water partition coefficient (Wildman–Crippen LogP) is 3.64. The lowest BCUT2D eigenvalue weighted by atomic mass is 10.0. The van der Waals surface area contributed by atoms with Gasteiger partial charge in [0.2, 0.25) is 11.6 Å². The highest BCUT2D eigenvalue weighted by molar-refractivity contribution is 6.03. The van der Waals surface area contributed by atoms with Crippen molar-refractivity contribution in [1.29, 1.82) is 0 Å². The number of Topliss-reactive ketones (excluding diaryl/α,β-unsaturated/α-hetero) is 1. The fraction of sp³-hybridized carbons (Fsp3) is 0.381. The number of aromatic nitrogens is 5. The van der Waals surface area contributed by atoms with Crippen molar-refractivity contribution in [3.8, 4) is 11.4 Å². The molecule has 2 aromatic heterocycles.